The Kier molecular flexibility index (Phi) is 6.81. The predicted molar refractivity (Wildman–Crippen MR) is 71.1 cm³/mol. The smallest absolute Gasteiger partial charge is 0.329 e. The number of urea groups is 1. The van der Waals surface area contributed by atoms with E-state index in [2.05, 4.69) is 0 Å². The molecule has 0 unspecified atom stereocenters. The number of nitrogens with zero attached hydrogens (tertiary/aromatic N) is 3. The quantitative estimate of drug-likeness (QED) is 0.782. The number of rotatable bonds is 6. The summed E-state index contributed by atoms with van der Waals surface area (Å²) in [5.74, 6) is -0.975. The van der Waals surface area contributed by atoms with E-state index >= 15 is 0 Å². The molecule has 0 bridgehead atoms. The standard InChI is InChI=1S/C13H21N3O4/c1-2-15(7-3-6-14)13(19)16-8-4-11(5-9-16)20-10-12(17)18/h11H,2-5,7-10H2,1H3,(H,17,18). The first-order valence-corrected chi connectivity index (χ1v) is 6.82. The van der Waals surface area contributed by atoms with Crippen LogP contribution in [0.3, 0.4) is 0 Å². The second-order valence-corrected chi connectivity index (χ2v) is 4.66. The van der Waals surface area contributed by atoms with Crippen LogP contribution in [0, 0.1) is 11.3 Å². The fourth-order valence-corrected chi connectivity index (χ4v) is 2.18. The number of nitriles is 1. The molecule has 1 saturated heterocycles. The van der Waals surface area contributed by atoms with Crippen molar-refractivity contribution in [1.29, 1.82) is 5.26 Å². The van der Waals surface area contributed by atoms with Crippen LogP contribution < -0.4 is 0 Å². The lowest BCUT2D eigenvalue weighted by molar-refractivity contribution is -0.145. The van der Waals surface area contributed by atoms with Crippen molar-refractivity contribution in [3.63, 3.8) is 0 Å². The Morgan fingerprint density at radius 3 is 2.60 bits per heavy atom. The first-order chi connectivity index (χ1) is 9.58. The van der Waals surface area contributed by atoms with Crippen LogP contribution in [0.2, 0.25) is 0 Å². The Morgan fingerprint density at radius 2 is 2.10 bits per heavy atom. The lowest BCUT2D eigenvalue weighted by Crippen LogP contribution is -2.48. The summed E-state index contributed by atoms with van der Waals surface area (Å²) in [5.41, 5.74) is 0. The van der Waals surface area contributed by atoms with Gasteiger partial charge in [-0.15, -0.1) is 0 Å². The van der Waals surface area contributed by atoms with E-state index in [0.717, 1.165) is 0 Å². The summed E-state index contributed by atoms with van der Waals surface area (Å²) in [5, 5.41) is 17.1. The molecule has 2 amide bonds. The Labute approximate surface area is 118 Å². The van der Waals surface area contributed by atoms with Gasteiger partial charge in [0.25, 0.3) is 0 Å². The third-order valence-corrected chi connectivity index (χ3v) is 3.30. The summed E-state index contributed by atoms with van der Waals surface area (Å²) in [7, 11) is 0. The minimum Gasteiger partial charge on any atom is -0.480 e. The number of carboxylic acids is 1. The first kappa shape index (κ1) is 16.2. The van der Waals surface area contributed by atoms with Gasteiger partial charge < -0.3 is 19.6 Å². The summed E-state index contributed by atoms with van der Waals surface area (Å²) in [4.78, 5) is 26.0. The zero-order chi connectivity index (χ0) is 15.0. The average Bonchev–Trinajstić information content (AvgIpc) is 2.46. The number of carbonyl (C=O) groups excluding carboxylic acids is 1. The number of hydrogen-bond acceptors (Lipinski definition) is 4. The van der Waals surface area contributed by atoms with Gasteiger partial charge in [-0.05, 0) is 19.8 Å². The average molecular weight is 283 g/mol. The molecule has 0 aromatic carbocycles. The molecular formula is C13H21N3O4. The molecule has 1 fully saturated rings. The van der Waals surface area contributed by atoms with E-state index in [1.165, 1.54) is 0 Å². The zero-order valence-electron chi connectivity index (χ0n) is 11.7. The molecule has 20 heavy (non-hydrogen) atoms. The van der Waals surface area contributed by atoms with Gasteiger partial charge >= 0.3 is 12.0 Å². The van der Waals surface area contributed by atoms with Gasteiger partial charge in [-0.3, -0.25) is 0 Å². The molecular weight excluding hydrogens is 262 g/mol. The van der Waals surface area contributed by atoms with Crippen molar-refractivity contribution in [3.05, 3.63) is 0 Å². The van der Waals surface area contributed by atoms with Crippen LogP contribution in [-0.2, 0) is 9.53 Å². The number of piperidine rings is 1. The first-order valence-electron chi connectivity index (χ1n) is 6.82. The van der Waals surface area contributed by atoms with Crippen molar-refractivity contribution >= 4 is 12.0 Å². The van der Waals surface area contributed by atoms with E-state index in [0.29, 0.717) is 45.4 Å². The van der Waals surface area contributed by atoms with Crippen molar-refractivity contribution in [2.75, 3.05) is 32.8 Å². The normalized spacial score (nSPS) is 15.7. The fourth-order valence-electron chi connectivity index (χ4n) is 2.18. The molecule has 0 aromatic rings. The van der Waals surface area contributed by atoms with Gasteiger partial charge in [0, 0.05) is 26.2 Å². The Bertz CT molecular complexity index is 372. The van der Waals surface area contributed by atoms with E-state index in [-0.39, 0.29) is 18.7 Å². The number of aliphatic carboxylic acids is 1. The minimum absolute atomic E-state index is 0.0561. The van der Waals surface area contributed by atoms with Crippen molar-refractivity contribution in [2.45, 2.75) is 32.3 Å². The summed E-state index contributed by atoms with van der Waals surface area (Å²) >= 11 is 0. The van der Waals surface area contributed by atoms with Gasteiger partial charge in [-0.2, -0.15) is 5.26 Å². The number of hydrogen-bond donors (Lipinski definition) is 1. The van der Waals surface area contributed by atoms with Crippen LogP contribution in [0.5, 0.6) is 0 Å². The molecule has 0 radical (unpaired) electrons. The third-order valence-electron chi connectivity index (χ3n) is 3.30. The molecule has 7 heteroatoms. The van der Waals surface area contributed by atoms with E-state index in [9.17, 15) is 9.59 Å². The molecule has 1 rings (SSSR count). The highest BCUT2D eigenvalue weighted by molar-refractivity contribution is 5.74. The predicted octanol–water partition coefficient (Wildman–Crippen LogP) is 0.908. The largest absolute Gasteiger partial charge is 0.480 e. The van der Waals surface area contributed by atoms with Crippen LogP contribution in [0.4, 0.5) is 4.79 Å². The number of carbonyl (C=O) groups is 2. The van der Waals surface area contributed by atoms with Crippen LogP contribution >= 0.6 is 0 Å². The molecule has 0 saturated carbocycles. The molecule has 1 heterocycles. The second-order valence-electron chi connectivity index (χ2n) is 4.66. The van der Waals surface area contributed by atoms with Crippen LogP contribution in [0.25, 0.3) is 0 Å². The monoisotopic (exact) mass is 283 g/mol. The number of amides is 2. The van der Waals surface area contributed by atoms with Crippen molar-refractivity contribution in [1.82, 2.24) is 9.80 Å². The SMILES string of the molecule is CCN(CCC#N)C(=O)N1CCC(OCC(=O)O)CC1. The van der Waals surface area contributed by atoms with Crippen LogP contribution in [-0.4, -0.2) is 65.8 Å². The van der Waals surface area contributed by atoms with Gasteiger partial charge in [0.05, 0.1) is 18.6 Å². The Hall–Kier alpha value is -1.81. The van der Waals surface area contributed by atoms with E-state index in [1.807, 2.05) is 13.0 Å². The zero-order valence-corrected chi connectivity index (χ0v) is 11.7. The Balaban J connectivity index is 2.38. The molecule has 1 aliphatic rings. The van der Waals surface area contributed by atoms with Gasteiger partial charge in [0.2, 0.25) is 0 Å². The summed E-state index contributed by atoms with van der Waals surface area (Å²) in [6, 6.07) is 1.98. The van der Waals surface area contributed by atoms with Crippen LogP contribution in [0.15, 0.2) is 0 Å². The second kappa shape index (κ2) is 8.38. The molecule has 1 N–H and O–H groups in total. The van der Waals surface area contributed by atoms with Gasteiger partial charge in [0.1, 0.15) is 6.61 Å². The lowest BCUT2D eigenvalue weighted by Gasteiger charge is -2.35. The molecule has 0 aromatic heterocycles. The number of likely N-dealkylation sites (tertiary alicyclic amines) is 1. The maximum atomic E-state index is 12.2. The highest BCUT2D eigenvalue weighted by Gasteiger charge is 2.26. The van der Waals surface area contributed by atoms with Gasteiger partial charge in [-0.25, -0.2) is 9.59 Å². The molecule has 1 aliphatic heterocycles. The topological polar surface area (TPSA) is 93.9 Å². The number of carboxylic acid groups (broad SMARTS) is 1. The molecule has 0 atom stereocenters. The van der Waals surface area contributed by atoms with Gasteiger partial charge in [-0.1, -0.05) is 0 Å². The van der Waals surface area contributed by atoms with Gasteiger partial charge in [0.15, 0.2) is 0 Å². The highest BCUT2D eigenvalue weighted by Crippen LogP contribution is 2.15. The van der Waals surface area contributed by atoms with E-state index in [1.54, 1.807) is 9.80 Å². The third kappa shape index (κ3) is 5.05. The molecule has 112 valence electrons. The minimum atomic E-state index is -0.975. The maximum Gasteiger partial charge on any atom is 0.329 e. The van der Waals surface area contributed by atoms with Crippen LogP contribution in [0.1, 0.15) is 26.2 Å². The molecule has 0 spiro atoms. The lowest BCUT2D eigenvalue weighted by atomic mass is 10.1. The van der Waals surface area contributed by atoms with Crippen molar-refractivity contribution in [2.24, 2.45) is 0 Å². The van der Waals surface area contributed by atoms with Crippen molar-refractivity contribution < 1.29 is 19.4 Å². The maximum absolute atomic E-state index is 12.2. The number of ether oxygens (including phenoxy) is 1. The Morgan fingerprint density at radius 1 is 1.45 bits per heavy atom. The van der Waals surface area contributed by atoms with E-state index < -0.39 is 5.97 Å². The summed E-state index contributed by atoms with van der Waals surface area (Å²) in [6.07, 6.45) is 1.53. The van der Waals surface area contributed by atoms with E-state index in [4.69, 9.17) is 15.1 Å². The highest BCUT2D eigenvalue weighted by atomic mass is 16.5. The fraction of sp³-hybridized carbons (Fsp3) is 0.769. The molecule has 7 nitrogen and oxygen atoms in total. The molecule has 0 aliphatic carbocycles. The summed E-state index contributed by atoms with van der Waals surface area (Å²) in [6.45, 7) is 3.75. The summed E-state index contributed by atoms with van der Waals surface area (Å²) < 4.78 is 5.23. The van der Waals surface area contributed by atoms with Crippen molar-refractivity contribution in [3.8, 4) is 6.07 Å².